The Kier molecular flexibility index (Phi) is 2.24. The van der Waals surface area contributed by atoms with Gasteiger partial charge >= 0.3 is 11.7 Å². The van der Waals surface area contributed by atoms with Crippen molar-refractivity contribution in [3.63, 3.8) is 0 Å². The van der Waals surface area contributed by atoms with E-state index in [0.29, 0.717) is 0 Å². The highest BCUT2D eigenvalue weighted by molar-refractivity contribution is 5.90. The molecule has 0 aliphatic rings. The Morgan fingerprint density at radius 3 is 2.85 bits per heavy atom. The zero-order chi connectivity index (χ0) is 10.0. The summed E-state index contributed by atoms with van der Waals surface area (Å²) in [6.07, 6.45) is 0.991. The number of nitrogens with zero attached hydrogens (tertiary/aromatic N) is 3. The number of carbonyl (C=O) groups is 1. The maximum atomic E-state index is 10.9. The van der Waals surface area contributed by atoms with Crippen LogP contribution < -0.4 is 11.3 Å². The van der Waals surface area contributed by atoms with Crippen LogP contribution >= 0.6 is 0 Å². The van der Waals surface area contributed by atoms with Gasteiger partial charge in [-0.3, -0.25) is 10.2 Å². The molecular weight excluding hydrogens is 178 g/mol. The molecule has 8 nitrogen and oxygen atoms in total. The van der Waals surface area contributed by atoms with E-state index in [2.05, 4.69) is 4.98 Å². The van der Waals surface area contributed by atoms with Gasteiger partial charge in [0.05, 0.1) is 7.05 Å². The van der Waals surface area contributed by atoms with Crippen LogP contribution in [0.15, 0.2) is 6.20 Å². The molecule has 0 spiro atoms. The number of aromatic nitrogens is 2. The Bertz CT molecular complexity index is 357. The van der Waals surface area contributed by atoms with Crippen LogP contribution in [0.5, 0.6) is 0 Å². The van der Waals surface area contributed by atoms with Crippen molar-refractivity contribution < 1.29 is 9.72 Å². The second kappa shape index (κ2) is 3.19. The average Bonchev–Trinajstić information content (AvgIpc) is 2.46. The van der Waals surface area contributed by atoms with Crippen molar-refractivity contribution in [2.75, 3.05) is 0 Å². The van der Waals surface area contributed by atoms with Gasteiger partial charge in [-0.25, -0.2) is 15.4 Å². The number of nitrogens with one attached hydrogen (secondary N) is 1. The van der Waals surface area contributed by atoms with Gasteiger partial charge in [0.2, 0.25) is 0 Å². The maximum Gasteiger partial charge on any atom is 0.343 e. The summed E-state index contributed by atoms with van der Waals surface area (Å²) < 4.78 is 1.04. The lowest BCUT2D eigenvalue weighted by atomic mass is 10.6. The lowest BCUT2D eigenvalue weighted by Crippen LogP contribution is -2.32. The SMILES string of the molecule is Cn1c([N+](=O)[O-])cnc1C(=O)NN. The van der Waals surface area contributed by atoms with E-state index in [9.17, 15) is 14.9 Å². The summed E-state index contributed by atoms with van der Waals surface area (Å²) in [4.78, 5) is 24.2. The molecule has 3 N–H and O–H groups in total. The maximum absolute atomic E-state index is 10.9. The zero-order valence-corrected chi connectivity index (χ0v) is 6.72. The van der Waals surface area contributed by atoms with Crippen molar-refractivity contribution in [2.45, 2.75) is 0 Å². The van der Waals surface area contributed by atoms with Crippen molar-refractivity contribution in [1.82, 2.24) is 15.0 Å². The topological polar surface area (TPSA) is 116 Å². The third kappa shape index (κ3) is 1.47. The average molecular weight is 185 g/mol. The highest BCUT2D eigenvalue weighted by Gasteiger charge is 2.21. The summed E-state index contributed by atoms with van der Waals surface area (Å²) in [7, 11) is 1.36. The van der Waals surface area contributed by atoms with Crippen LogP contribution in [0.2, 0.25) is 0 Å². The zero-order valence-electron chi connectivity index (χ0n) is 6.72. The minimum atomic E-state index is -0.671. The van der Waals surface area contributed by atoms with Crippen molar-refractivity contribution in [3.8, 4) is 0 Å². The molecule has 0 aromatic carbocycles. The Labute approximate surface area is 72.5 Å². The number of hydrogen-bond acceptors (Lipinski definition) is 5. The van der Waals surface area contributed by atoms with Crippen LogP contribution in [0.25, 0.3) is 0 Å². The Morgan fingerprint density at radius 2 is 2.46 bits per heavy atom. The van der Waals surface area contributed by atoms with E-state index in [1.165, 1.54) is 7.05 Å². The normalized spacial score (nSPS) is 9.69. The summed E-state index contributed by atoms with van der Waals surface area (Å²) in [5.41, 5.74) is 1.83. The molecule has 1 rings (SSSR count). The molecule has 1 aromatic rings. The first-order chi connectivity index (χ1) is 6.07. The molecule has 1 aromatic heterocycles. The van der Waals surface area contributed by atoms with E-state index in [0.717, 1.165) is 10.8 Å². The number of imidazole rings is 1. The lowest BCUT2D eigenvalue weighted by molar-refractivity contribution is -0.391. The van der Waals surface area contributed by atoms with Crippen LogP contribution in [0.1, 0.15) is 10.6 Å². The molecule has 0 aliphatic carbocycles. The standard InChI is InChI=1S/C5H7N5O3/c1-9-3(10(12)13)2-7-4(9)5(11)8-6/h2H,6H2,1H3,(H,8,11). The number of nitrogen functional groups attached to an aromatic ring is 1. The number of nitro groups is 1. The lowest BCUT2D eigenvalue weighted by Gasteiger charge is -1.96. The first-order valence-corrected chi connectivity index (χ1v) is 3.25. The fourth-order valence-corrected chi connectivity index (χ4v) is 0.846. The number of nitrogens with two attached hydrogens (primary N) is 1. The van der Waals surface area contributed by atoms with Crippen molar-refractivity contribution in [2.24, 2.45) is 12.9 Å². The number of amides is 1. The summed E-state index contributed by atoms with van der Waals surface area (Å²) in [5, 5.41) is 10.3. The van der Waals surface area contributed by atoms with Gasteiger partial charge < -0.3 is 10.1 Å². The summed E-state index contributed by atoms with van der Waals surface area (Å²) in [5.74, 6) is 3.80. The van der Waals surface area contributed by atoms with Crippen molar-refractivity contribution >= 4 is 11.7 Å². The second-order valence-electron chi connectivity index (χ2n) is 2.23. The number of hydrogen-bond donors (Lipinski definition) is 2. The van der Waals surface area contributed by atoms with Crippen LogP contribution in [0, 0.1) is 10.1 Å². The first-order valence-electron chi connectivity index (χ1n) is 3.25. The molecule has 0 radical (unpaired) electrons. The Hall–Kier alpha value is -1.96. The fraction of sp³-hybridized carbons (Fsp3) is 0.200. The van der Waals surface area contributed by atoms with Crippen LogP contribution in [0.4, 0.5) is 5.82 Å². The highest BCUT2D eigenvalue weighted by atomic mass is 16.6. The van der Waals surface area contributed by atoms with Gasteiger partial charge in [-0.2, -0.15) is 0 Å². The van der Waals surface area contributed by atoms with Crippen LogP contribution in [0.3, 0.4) is 0 Å². The number of hydrazine groups is 1. The molecule has 0 unspecified atom stereocenters. The molecule has 0 atom stereocenters. The van der Waals surface area contributed by atoms with Crippen molar-refractivity contribution in [1.29, 1.82) is 0 Å². The Balaban J connectivity index is 3.13. The van der Waals surface area contributed by atoms with Gasteiger partial charge in [0.1, 0.15) is 6.20 Å². The second-order valence-corrected chi connectivity index (χ2v) is 2.23. The Morgan fingerprint density at radius 1 is 1.85 bits per heavy atom. The number of rotatable bonds is 2. The van der Waals surface area contributed by atoms with Crippen LogP contribution in [-0.2, 0) is 7.05 Å². The molecule has 0 bridgehead atoms. The van der Waals surface area contributed by atoms with Gasteiger partial charge in [0.25, 0.3) is 5.82 Å². The molecule has 1 heterocycles. The molecule has 1 amide bonds. The summed E-state index contributed by atoms with van der Waals surface area (Å²) in [6, 6.07) is 0. The summed E-state index contributed by atoms with van der Waals surface area (Å²) >= 11 is 0. The molecule has 0 fully saturated rings. The van der Waals surface area contributed by atoms with Gasteiger partial charge in [0.15, 0.2) is 0 Å². The van der Waals surface area contributed by atoms with Gasteiger partial charge in [-0.15, -0.1) is 0 Å². The minimum Gasteiger partial charge on any atom is -0.358 e. The molecule has 0 aliphatic heterocycles. The van der Waals surface area contributed by atoms with Crippen molar-refractivity contribution in [3.05, 3.63) is 22.1 Å². The first kappa shape index (κ1) is 9.13. The monoisotopic (exact) mass is 185 g/mol. The van der Waals surface area contributed by atoms with E-state index in [4.69, 9.17) is 5.84 Å². The smallest absolute Gasteiger partial charge is 0.343 e. The molecule has 70 valence electrons. The molecule has 0 saturated heterocycles. The van der Waals surface area contributed by atoms with E-state index >= 15 is 0 Å². The van der Waals surface area contributed by atoms with E-state index < -0.39 is 10.8 Å². The summed E-state index contributed by atoms with van der Waals surface area (Å²) in [6.45, 7) is 0. The largest absolute Gasteiger partial charge is 0.358 e. The van der Waals surface area contributed by atoms with E-state index in [1.807, 2.05) is 5.43 Å². The number of carbonyl (C=O) groups excluding carboxylic acids is 1. The minimum absolute atomic E-state index is 0.103. The molecule has 8 heteroatoms. The predicted octanol–water partition coefficient (Wildman–Crippen LogP) is -1.07. The van der Waals surface area contributed by atoms with Gasteiger partial charge in [0, 0.05) is 0 Å². The third-order valence-corrected chi connectivity index (χ3v) is 1.48. The third-order valence-electron chi connectivity index (χ3n) is 1.48. The van der Waals surface area contributed by atoms with Crippen LogP contribution in [-0.4, -0.2) is 20.4 Å². The van der Waals surface area contributed by atoms with E-state index in [1.54, 1.807) is 0 Å². The quantitative estimate of drug-likeness (QED) is 0.263. The van der Waals surface area contributed by atoms with Gasteiger partial charge in [-0.05, 0) is 4.92 Å². The molecular formula is C5H7N5O3. The van der Waals surface area contributed by atoms with E-state index in [-0.39, 0.29) is 11.6 Å². The predicted molar refractivity (Wildman–Crippen MR) is 41.5 cm³/mol. The van der Waals surface area contributed by atoms with Gasteiger partial charge in [-0.1, -0.05) is 0 Å². The molecule has 0 saturated carbocycles. The molecule has 13 heavy (non-hydrogen) atoms. The highest BCUT2D eigenvalue weighted by Crippen LogP contribution is 2.10. The fourth-order valence-electron chi connectivity index (χ4n) is 0.846.